The number of ether oxygens (including phenoxy) is 3. The van der Waals surface area contributed by atoms with Crippen molar-refractivity contribution in [2.45, 2.75) is 19.8 Å². The van der Waals surface area contributed by atoms with Crippen LogP contribution in [-0.2, 0) is 0 Å². The minimum absolute atomic E-state index is 0.104. The van der Waals surface area contributed by atoms with Crippen LogP contribution in [0.2, 0.25) is 0 Å². The number of fused-ring (bicyclic) bond motifs is 1. The van der Waals surface area contributed by atoms with E-state index in [1.165, 1.54) is 11.3 Å². The maximum absolute atomic E-state index is 12.8. The number of aromatic amines is 1. The molecule has 0 bridgehead atoms. The second-order valence-electron chi connectivity index (χ2n) is 6.75. The molecule has 1 aliphatic carbocycles. The van der Waals surface area contributed by atoms with Gasteiger partial charge in [0.15, 0.2) is 17.2 Å². The lowest BCUT2D eigenvalue weighted by Crippen LogP contribution is -2.15. The minimum atomic E-state index is -0.355. The lowest BCUT2D eigenvalue weighted by atomic mass is 10.1. The molecule has 1 aromatic carbocycles. The first-order valence-corrected chi connectivity index (χ1v) is 9.21. The average molecular weight is 389 g/mol. The van der Waals surface area contributed by atoms with Crippen LogP contribution in [0.5, 0.6) is 17.2 Å². The van der Waals surface area contributed by atoms with E-state index in [2.05, 4.69) is 32.9 Å². The molecule has 2 aromatic heterocycles. The number of methoxy groups -OCH3 is 2. The van der Waals surface area contributed by atoms with E-state index < -0.39 is 0 Å². The van der Waals surface area contributed by atoms with Gasteiger partial charge < -0.3 is 14.2 Å². The lowest BCUT2D eigenvalue weighted by molar-refractivity contribution is 0.102. The zero-order valence-electron chi connectivity index (χ0n) is 15.2. The normalized spacial score (nSPS) is 14.8. The fourth-order valence-corrected chi connectivity index (χ4v) is 3.72. The molecule has 0 aliphatic heterocycles. The van der Waals surface area contributed by atoms with E-state index in [0.29, 0.717) is 28.7 Å². The van der Waals surface area contributed by atoms with Crippen molar-refractivity contribution in [1.82, 2.24) is 20.6 Å². The first kappa shape index (κ1) is 17.5. The van der Waals surface area contributed by atoms with E-state index in [-0.39, 0.29) is 17.3 Å². The summed E-state index contributed by atoms with van der Waals surface area (Å²) in [6.45, 7) is 2.72. The third-order valence-corrected chi connectivity index (χ3v) is 5.73. The lowest BCUT2D eigenvalue weighted by Gasteiger charge is -2.13. The van der Waals surface area contributed by atoms with Crippen molar-refractivity contribution in [3.05, 3.63) is 17.0 Å². The van der Waals surface area contributed by atoms with E-state index >= 15 is 0 Å². The quantitative estimate of drug-likeness (QED) is 0.639. The highest BCUT2D eigenvalue weighted by molar-refractivity contribution is 7.21. The molecule has 2 heterocycles. The molecule has 4 rings (SSSR count). The van der Waals surface area contributed by atoms with Gasteiger partial charge in [-0.2, -0.15) is 5.21 Å². The number of hydrogen-bond acceptors (Lipinski definition) is 8. The maximum Gasteiger partial charge on any atom is 0.272 e. The molecule has 1 saturated carbocycles. The highest BCUT2D eigenvalue weighted by Gasteiger charge is 2.38. The van der Waals surface area contributed by atoms with Gasteiger partial charge in [-0.3, -0.25) is 10.1 Å². The second-order valence-corrected chi connectivity index (χ2v) is 7.80. The Bertz CT molecular complexity index is 981. The number of hydrogen-bond donors (Lipinski definition) is 2. The molecule has 0 atom stereocenters. The number of rotatable bonds is 7. The molecule has 10 heteroatoms. The van der Waals surface area contributed by atoms with Crippen LogP contribution in [0.4, 0.5) is 5.95 Å². The number of nitrogens with one attached hydrogen (secondary N) is 2. The minimum Gasteiger partial charge on any atom is -0.493 e. The zero-order valence-corrected chi connectivity index (χ0v) is 16.0. The van der Waals surface area contributed by atoms with Gasteiger partial charge in [0.2, 0.25) is 0 Å². The summed E-state index contributed by atoms with van der Waals surface area (Å²) in [6.07, 6.45) is 2.24. The standard InChI is InChI=1S/C17H19N5O4S/c1-17(4-5-17)8-26-13-9-6-10(24-2)11(25-3)7-12(9)27-14(13)15(23)18-16-19-21-22-20-16/h6-7H,4-5,8H2,1-3H3,(H2,18,19,20,21,22,23). The van der Waals surface area contributed by atoms with Crippen LogP contribution < -0.4 is 19.5 Å². The van der Waals surface area contributed by atoms with Gasteiger partial charge in [0.25, 0.3) is 11.9 Å². The largest absolute Gasteiger partial charge is 0.493 e. The fourth-order valence-electron chi connectivity index (χ4n) is 2.67. The fraction of sp³-hybridized carbons (Fsp3) is 0.412. The Kier molecular flexibility index (Phi) is 4.34. The Morgan fingerprint density at radius 1 is 1.30 bits per heavy atom. The predicted octanol–water partition coefficient (Wildman–Crippen LogP) is 2.86. The SMILES string of the molecule is COc1cc2sc(C(=O)Nc3nn[nH]n3)c(OCC3(C)CC3)c2cc1OC. The Morgan fingerprint density at radius 3 is 2.67 bits per heavy atom. The number of aromatic nitrogens is 4. The van der Waals surface area contributed by atoms with Crippen LogP contribution in [0.3, 0.4) is 0 Å². The van der Waals surface area contributed by atoms with Gasteiger partial charge in [-0.1, -0.05) is 12.0 Å². The molecule has 0 unspecified atom stereocenters. The number of benzene rings is 1. The van der Waals surface area contributed by atoms with Crippen LogP contribution in [0.15, 0.2) is 12.1 Å². The number of H-pyrrole nitrogens is 1. The summed E-state index contributed by atoms with van der Waals surface area (Å²) < 4.78 is 17.8. The number of carbonyl (C=O) groups excluding carboxylic acids is 1. The van der Waals surface area contributed by atoms with E-state index in [1.807, 2.05) is 12.1 Å². The van der Waals surface area contributed by atoms with Gasteiger partial charge in [0.05, 0.1) is 20.8 Å². The van der Waals surface area contributed by atoms with Crippen LogP contribution >= 0.6 is 11.3 Å². The topological polar surface area (TPSA) is 111 Å². The van der Waals surface area contributed by atoms with Crippen molar-refractivity contribution >= 4 is 33.3 Å². The summed E-state index contributed by atoms with van der Waals surface area (Å²) in [5.74, 6) is 1.46. The zero-order chi connectivity index (χ0) is 19.0. The molecule has 0 saturated heterocycles. The van der Waals surface area contributed by atoms with Gasteiger partial charge in [-0.15, -0.1) is 16.4 Å². The average Bonchev–Trinajstić information content (AvgIpc) is 3.07. The molecule has 2 N–H and O–H groups in total. The highest BCUT2D eigenvalue weighted by Crippen LogP contribution is 2.48. The molecule has 9 nitrogen and oxygen atoms in total. The molecule has 1 fully saturated rings. The summed E-state index contributed by atoms with van der Waals surface area (Å²) in [5, 5.41) is 16.7. The monoisotopic (exact) mass is 389 g/mol. The molecule has 142 valence electrons. The molecule has 3 aromatic rings. The van der Waals surface area contributed by atoms with Crippen LogP contribution in [0.25, 0.3) is 10.1 Å². The third kappa shape index (κ3) is 3.39. The number of tetrazole rings is 1. The van der Waals surface area contributed by atoms with E-state index in [4.69, 9.17) is 14.2 Å². The summed E-state index contributed by atoms with van der Waals surface area (Å²) in [7, 11) is 3.15. The Morgan fingerprint density at radius 2 is 2.04 bits per heavy atom. The Hall–Kier alpha value is -2.88. The van der Waals surface area contributed by atoms with Crippen LogP contribution in [0, 0.1) is 5.41 Å². The van der Waals surface area contributed by atoms with Gasteiger partial charge in [-0.05, 0) is 24.1 Å². The molecule has 1 aliphatic rings. The number of nitrogens with zero attached hydrogens (tertiary/aromatic N) is 3. The van der Waals surface area contributed by atoms with Crippen molar-refractivity contribution in [3.63, 3.8) is 0 Å². The Balaban J connectivity index is 1.76. The van der Waals surface area contributed by atoms with Crippen molar-refractivity contribution < 1.29 is 19.0 Å². The van der Waals surface area contributed by atoms with E-state index in [0.717, 1.165) is 22.9 Å². The molecular formula is C17H19N5O4S. The molecule has 1 amide bonds. The summed E-state index contributed by atoms with van der Waals surface area (Å²) in [5.41, 5.74) is 0.173. The number of amides is 1. The summed E-state index contributed by atoms with van der Waals surface area (Å²) in [6, 6.07) is 3.68. The van der Waals surface area contributed by atoms with Gasteiger partial charge in [0, 0.05) is 21.6 Å². The molecule has 0 spiro atoms. The molecule has 0 radical (unpaired) electrons. The van der Waals surface area contributed by atoms with E-state index in [9.17, 15) is 4.79 Å². The van der Waals surface area contributed by atoms with Gasteiger partial charge >= 0.3 is 0 Å². The van der Waals surface area contributed by atoms with Gasteiger partial charge in [-0.25, -0.2) is 0 Å². The second kappa shape index (κ2) is 6.69. The summed E-state index contributed by atoms with van der Waals surface area (Å²) in [4.78, 5) is 13.2. The molecular weight excluding hydrogens is 370 g/mol. The maximum atomic E-state index is 12.8. The third-order valence-electron chi connectivity index (χ3n) is 4.59. The van der Waals surface area contributed by atoms with Crippen molar-refractivity contribution in [1.29, 1.82) is 0 Å². The predicted molar refractivity (Wildman–Crippen MR) is 99.9 cm³/mol. The number of anilines is 1. The number of carbonyl (C=O) groups is 1. The van der Waals surface area contributed by atoms with Crippen molar-refractivity contribution in [2.75, 3.05) is 26.1 Å². The van der Waals surface area contributed by atoms with Gasteiger partial charge in [0.1, 0.15) is 4.88 Å². The first-order valence-electron chi connectivity index (χ1n) is 8.39. The number of thiophene rings is 1. The summed E-state index contributed by atoms with van der Waals surface area (Å²) >= 11 is 1.31. The van der Waals surface area contributed by atoms with Crippen molar-refractivity contribution in [2.24, 2.45) is 5.41 Å². The van der Waals surface area contributed by atoms with E-state index in [1.54, 1.807) is 14.2 Å². The highest BCUT2D eigenvalue weighted by atomic mass is 32.1. The van der Waals surface area contributed by atoms with Crippen LogP contribution in [0.1, 0.15) is 29.4 Å². The Labute approximate surface area is 159 Å². The smallest absolute Gasteiger partial charge is 0.272 e. The molecule has 27 heavy (non-hydrogen) atoms. The first-order chi connectivity index (χ1) is 13.0. The van der Waals surface area contributed by atoms with Crippen molar-refractivity contribution in [3.8, 4) is 17.2 Å². The van der Waals surface area contributed by atoms with Crippen LogP contribution in [-0.4, -0.2) is 47.4 Å².